The number of rotatable bonds is 3. The van der Waals surface area contributed by atoms with Crippen molar-refractivity contribution < 1.29 is 14.6 Å². The molecule has 1 aromatic rings. The molecule has 1 aromatic carbocycles. The van der Waals surface area contributed by atoms with E-state index >= 15 is 0 Å². The van der Waals surface area contributed by atoms with Crippen LogP contribution < -0.4 is 10.5 Å². The first-order valence-corrected chi connectivity index (χ1v) is 5.31. The van der Waals surface area contributed by atoms with Gasteiger partial charge in [-0.05, 0) is 18.6 Å². The normalized spacial score (nSPS) is 20.0. The lowest BCUT2D eigenvalue weighted by Crippen LogP contribution is -2.35. The Hall–Kier alpha value is -1.55. The summed E-state index contributed by atoms with van der Waals surface area (Å²) >= 11 is 0. The summed E-state index contributed by atoms with van der Waals surface area (Å²) in [6.07, 6.45) is 0.990. The third-order valence-corrected chi connectivity index (χ3v) is 2.79. The van der Waals surface area contributed by atoms with Gasteiger partial charge in [-0.2, -0.15) is 0 Å². The number of fused-ring (bicyclic) bond motifs is 1. The van der Waals surface area contributed by atoms with Gasteiger partial charge in [-0.3, -0.25) is 4.79 Å². The van der Waals surface area contributed by atoms with E-state index in [1.165, 1.54) is 5.56 Å². The van der Waals surface area contributed by atoms with Crippen LogP contribution in [-0.2, 0) is 11.2 Å². The zero-order valence-corrected chi connectivity index (χ0v) is 9.14. The second kappa shape index (κ2) is 4.14. The quantitative estimate of drug-likeness (QED) is 0.801. The fraction of sp³-hybridized carbons (Fsp3) is 0.417. The van der Waals surface area contributed by atoms with Crippen molar-refractivity contribution in [2.75, 3.05) is 0 Å². The summed E-state index contributed by atoms with van der Waals surface area (Å²) in [6, 6.07) is 5.14. The Balaban J connectivity index is 2.03. The summed E-state index contributed by atoms with van der Waals surface area (Å²) in [4.78, 5) is 10.6. The van der Waals surface area contributed by atoms with Crippen LogP contribution in [0.4, 0.5) is 0 Å². The van der Waals surface area contributed by atoms with Crippen LogP contribution in [0.2, 0.25) is 0 Å². The highest BCUT2D eigenvalue weighted by molar-refractivity contribution is 5.73. The highest BCUT2D eigenvalue weighted by atomic mass is 16.5. The number of aryl methyl sites for hydroxylation is 1. The highest BCUT2D eigenvalue weighted by Crippen LogP contribution is 2.30. The Kier molecular flexibility index (Phi) is 2.83. The molecule has 4 heteroatoms. The van der Waals surface area contributed by atoms with Crippen LogP contribution in [0.5, 0.6) is 5.75 Å². The summed E-state index contributed by atoms with van der Waals surface area (Å²) in [6.45, 7) is 2.02. The summed E-state index contributed by atoms with van der Waals surface area (Å²) < 4.78 is 5.64. The average molecular weight is 221 g/mol. The van der Waals surface area contributed by atoms with Crippen molar-refractivity contribution >= 4 is 5.97 Å². The lowest BCUT2D eigenvalue weighted by molar-refractivity contribution is -0.139. The van der Waals surface area contributed by atoms with Crippen molar-refractivity contribution in [1.29, 1.82) is 0 Å². The standard InChI is InChI=1S/C12H15NO3/c1-7-2-3-11-8(4-7)5-9(16-11)6-10(13)12(14)15/h2-4,9-10H,5-6,13H2,1H3,(H,14,15). The van der Waals surface area contributed by atoms with Gasteiger partial charge in [0.05, 0.1) is 0 Å². The van der Waals surface area contributed by atoms with Crippen LogP contribution in [0.25, 0.3) is 0 Å². The fourth-order valence-electron chi connectivity index (χ4n) is 1.96. The fourth-order valence-corrected chi connectivity index (χ4v) is 1.96. The number of hydrogen-bond acceptors (Lipinski definition) is 3. The second-order valence-corrected chi connectivity index (χ2v) is 4.24. The van der Waals surface area contributed by atoms with Gasteiger partial charge in [-0.25, -0.2) is 0 Å². The van der Waals surface area contributed by atoms with Gasteiger partial charge in [-0.15, -0.1) is 0 Å². The maximum atomic E-state index is 10.6. The molecule has 86 valence electrons. The number of hydrogen-bond donors (Lipinski definition) is 2. The van der Waals surface area contributed by atoms with Gasteiger partial charge >= 0.3 is 5.97 Å². The molecule has 1 aliphatic rings. The number of nitrogens with two attached hydrogens (primary N) is 1. The molecule has 0 radical (unpaired) electrons. The molecule has 1 heterocycles. The predicted molar refractivity (Wildman–Crippen MR) is 59.5 cm³/mol. The Morgan fingerprint density at radius 3 is 3.12 bits per heavy atom. The molecule has 0 aliphatic carbocycles. The zero-order chi connectivity index (χ0) is 11.7. The molecule has 4 nitrogen and oxygen atoms in total. The largest absolute Gasteiger partial charge is 0.490 e. The van der Waals surface area contributed by atoms with Crippen molar-refractivity contribution in [1.82, 2.24) is 0 Å². The van der Waals surface area contributed by atoms with Crippen LogP contribution in [0, 0.1) is 6.92 Å². The number of aliphatic carboxylic acids is 1. The molecule has 1 aliphatic heterocycles. The van der Waals surface area contributed by atoms with Gasteiger partial charge in [-0.1, -0.05) is 17.7 Å². The van der Waals surface area contributed by atoms with Crippen LogP contribution >= 0.6 is 0 Å². The van der Waals surface area contributed by atoms with E-state index in [2.05, 4.69) is 6.07 Å². The first kappa shape index (κ1) is 11.0. The van der Waals surface area contributed by atoms with E-state index in [0.717, 1.165) is 17.7 Å². The van der Waals surface area contributed by atoms with Gasteiger partial charge in [0, 0.05) is 12.8 Å². The van der Waals surface area contributed by atoms with Gasteiger partial charge in [0.2, 0.25) is 0 Å². The minimum Gasteiger partial charge on any atom is -0.490 e. The Bertz CT molecular complexity index is 417. The summed E-state index contributed by atoms with van der Waals surface area (Å²) in [5.74, 6) is -0.121. The van der Waals surface area contributed by atoms with E-state index in [-0.39, 0.29) is 6.10 Å². The molecule has 16 heavy (non-hydrogen) atoms. The Morgan fingerprint density at radius 2 is 2.44 bits per heavy atom. The Morgan fingerprint density at radius 1 is 1.69 bits per heavy atom. The monoisotopic (exact) mass is 221 g/mol. The molecular formula is C12H15NO3. The molecule has 3 N–H and O–H groups in total. The highest BCUT2D eigenvalue weighted by Gasteiger charge is 2.26. The van der Waals surface area contributed by atoms with Gasteiger partial charge in [0.25, 0.3) is 0 Å². The van der Waals surface area contributed by atoms with Crippen LogP contribution in [0.15, 0.2) is 18.2 Å². The maximum absolute atomic E-state index is 10.6. The van der Waals surface area contributed by atoms with E-state index in [9.17, 15) is 4.79 Å². The van der Waals surface area contributed by atoms with Gasteiger partial charge in [0.15, 0.2) is 0 Å². The zero-order valence-electron chi connectivity index (χ0n) is 9.14. The number of carbonyl (C=O) groups is 1. The van der Waals surface area contributed by atoms with Gasteiger partial charge in [0.1, 0.15) is 17.9 Å². The third-order valence-electron chi connectivity index (χ3n) is 2.79. The van der Waals surface area contributed by atoms with Crippen molar-refractivity contribution in [3.63, 3.8) is 0 Å². The van der Waals surface area contributed by atoms with Crippen LogP contribution in [0.3, 0.4) is 0 Å². The lowest BCUT2D eigenvalue weighted by atomic mass is 10.0. The predicted octanol–water partition coefficient (Wildman–Crippen LogP) is 1.10. The van der Waals surface area contributed by atoms with E-state index in [1.54, 1.807) is 0 Å². The van der Waals surface area contributed by atoms with E-state index in [0.29, 0.717) is 6.42 Å². The second-order valence-electron chi connectivity index (χ2n) is 4.24. The molecule has 0 saturated heterocycles. The molecule has 0 spiro atoms. The van der Waals surface area contributed by atoms with E-state index in [1.807, 2.05) is 19.1 Å². The number of carboxylic acids is 1. The molecule has 0 fully saturated rings. The van der Waals surface area contributed by atoms with Crippen molar-refractivity contribution in [3.05, 3.63) is 29.3 Å². The number of ether oxygens (including phenoxy) is 1. The molecule has 0 amide bonds. The van der Waals surface area contributed by atoms with Crippen molar-refractivity contribution in [2.24, 2.45) is 5.73 Å². The number of benzene rings is 1. The van der Waals surface area contributed by atoms with E-state index in [4.69, 9.17) is 15.6 Å². The lowest BCUT2D eigenvalue weighted by Gasteiger charge is -2.12. The summed E-state index contributed by atoms with van der Waals surface area (Å²) in [7, 11) is 0. The van der Waals surface area contributed by atoms with E-state index < -0.39 is 12.0 Å². The maximum Gasteiger partial charge on any atom is 0.320 e. The molecule has 2 atom stereocenters. The summed E-state index contributed by atoms with van der Waals surface area (Å²) in [5, 5.41) is 8.72. The number of carboxylic acid groups (broad SMARTS) is 1. The van der Waals surface area contributed by atoms with Crippen molar-refractivity contribution in [2.45, 2.75) is 31.9 Å². The SMILES string of the molecule is Cc1ccc2c(c1)CC(CC(N)C(=O)O)O2. The summed E-state index contributed by atoms with van der Waals surface area (Å²) in [5.41, 5.74) is 7.81. The van der Waals surface area contributed by atoms with Gasteiger partial charge < -0.3 is 15.6 Å². The Labute approximate surface area is 94.0 Å². The smallest absolute Gasteiger partial charge is 0.320 e. The minimum atomic E-state index is -0.976. The minimum absolute atomic E-state index is 0.108. The molecule has 2 rings (SSSR count). The first-order chi connectivity index (χ1) is 7.56. The average Bonchev–Trinajstić information content (AvgIpc) is 2.58. The molecular weight excluding hydrogens is 206 g/mol. The molecule has 0 aromatic heterocycles. The molecule has 0 bridgehead atoms. The molecule has 2 unspecified atom stereocenters. The van der Waals surface area contributed by atoms with Crippen LogP contribution in [0.1, 0.15) is 17.5 Å². The van der Waals surface area contributed by atoms with Crippen LogP contribution in [-0.4, -0.2) is 23.2 Å². The third kappa shape index (κ3) is 2.17. The topological polar surface area (TPSA) is 72.6 Å². The molecule has 0 saturated carbocycles. The van der Waals surface area contributed by atoms with Crippen molar-refractivity contribution in [3.8, 4) is 5.75 Å². The first-order valence-electron chi connectivity index (χ1n) is 5.31.